The first-order chi connectivity index (χ1) is 10.5. The Labute approximate surface area is 135 Å². The maximum atomic E-state index is 13.1. The molecule has 3 nitrogen and oxygen atoms in total. The Balaban J connectivity index is 1.86. The number of benzene rings is 1. The molecule has 2 aromatic heterocycles. The zero-order valence-corrected chi connectivity index (χ0v) is 13.3. The van der Waals surface area contributed by atoms with Gasteiger partial charge in [0.2, 0.25) is 0 Å². The Bertz CT molecular complexity index is 910. The van der Waals surface area contributed by atoms with E-state index in [0.29, 0.717) is 17.1 Å². The number of hydrogen-bond acceptors (Lipinski definition) is 3. The fourth-order valence-corrected chi connectivity index (χ4v) is 3.13. The molecule has 2 heterocycles. The van der Waals surface area contributed by atoms with Crippen LogP contribution in [0.1, 0.15) is 11.3 Å². The highest BCUT2D eigenvalue weighted by atomic mass is 35.5. The summed E-state index contributed by atoms with van der Waals surface area (Å²) in [7, 11) is 0. The Hall–Kier alpha value is -1.85. The number of pyridine rings is 1. The molecule has 1 aromatic carbocycles. The highest BCUT2D eigenvalue weighted by Crippen LogP contribution is 2.26. The number of thioether (sulfide) groups is 1. The Morgan fingerprint density at radius 3 is 2.86 bits per heavy atom. The van der Waals surface area contributed by atoms with Crippen molar-refractivity contribution in [1.29, 1.82) is 0 Å². The first-order valence-corrected chi connectivity index (χ1v) is 7.96. The molecule has 0 saturated heterocycles. The van der Waals surface area contributed by atoms with Crippen LogP contribution in [0.4, 0.5) is 4.39 Å². The number of hydrogen-bond donors (Lipinski definition) is 0. The van der Waals surface area contributed by atoms with Crippen LogP contribution >= 0.6 is 23.4 Å². The van der Waals surface area contributed by atoms with Crippen molar-refractivity contribution >= 4 is 29.0 Å². The molecule has 3 aromatic rings. The molecule has 0 bridgehead atoms. The number of fused-ring (bicyclic) bond motifs is 1. The van der Waals surface area contributed by atoms with Gasteiger partial charge in [0.05, 0.1) is 10.7 Å². The summed E-state index contributed by atoms with van der Waals surface area (Å²) in [6, 6.07) is 9.81. The predicted molar refractivity (Wildman–Crippen MR) is 87.2 cm³/mol. The Morgan fingerprint density at radius 2 is 2.09 bits per heavy atom. The lowest BCUT2D eigenvalue weighted by Gasteiger charge is -2.05. The second kappa shape index (κ2) is 6.10. The second-order valence-electron chi connectivity index (χ2n) is 4.88. The van der Waals surface area contributed by atoms with E-state index in [4.69, 9.17) is 11.6 Å². The summed E-state index contributed by atoms with van der Waals surface area (Å²) in [5.74, 6) is 0.0742. The molecule has 0 amide bonds. The van der Waals surface area contributed by atoms with Gasteiger partial charge in [-0.15, -0.1) is 11.8 Å². The average molecular weight is 335 g/mol. The number of aryl methyl sites for hydroxylation is 1. The molecule has 0 fully saturated rings. The van der Waals surface area contributed by atoms with Gasteiger partial charge in [0.1, 0.15) is 11.5 Å². The van der Waals surface area contributed by atoms with E-state index in [1.165, 1.54) is 28.3 Å². The largest absolute Gasteiger partial charge is 0.269 e. The molecular formula is C16H12ClFN2OS. The van der Waals surface area contributed by atoms with Crippen LogP contribution in [0.3, 0.4) is 0 Å². The summed E-state index contributed by atoms with van der Waals surface area (Å²) in [5, 5.41) is 0.0898. The summed E-state index contributed by atoms with van der Waals surface area (Å²) in [6.45, 7) is 1.92. The van der Waals surface area contributed by atoms with E-state index in [-0.39, 0.29) is 10.6 Å². The summed E-state index contributed by atoms with van der Waals surface area (Å²) < 4.78 is 14.7. The van der Waals surface area contributed by atoms with Crippen LogP contribution in [0.15, 0.2) is 52.3 Å². The lowest BCUT2D eigenvalue weighted by Crippen LogP contribution is -2.15. The van der Waals surface area contributed by atoms with Gasteiger partial charge in [0.15, 0.2) is 0 Å². The fraction of sp³-hybridized carbons (Fsp3) is 0.125. The average Bonchev–Trinajstić information content (AvgIpc) is 2.49. The summed E-state index contributed by atoms with van der Waals surface area (Å²) in [6.07, 6.45) is 1.77. The van der Waals surface area contributed by atoms with Crippen molar-refractivity contribution < 1.29 is 4.39 Å². The molecule has 22 heavy (non-hydrogen) atoms. The second-order valence-corrected chi connectivity index (χ2v) is 6.34. The normalized spacial score (nSPS) is 11.0. The van der Waals surface area contributed by atoms with E-state index in [1.807, 2.05) is 19.1 Å². The van der Waals surface area contributed by atoms with E-state index in [0.717, 1.165) is 10.5 Å². The van der Waals surface area contributed by atoms with Gasteiger partial charge in [0.25, 0.3) is 5.56 Å². The molecule has 0 atom stereocenters. The van der Waals surface area contributed by atoms with Crippen LogP contribution in [0.25, 0.3) is 5.65 Å². The summed E-state index contributed by atoms with van der Waals surface area (Å²) in [4.78, 5) is 17.4. The molecular weight excluding hydrogens is 323 g/mol. The highest BCUT2D eigenvalue weighted by molar-refractivity contribution is 7.98. The van der Waals surface area contributed by atoms with Gasteiger partial charge in [0, 0.05) is 22.9 Å². The lowest BCUT2D eigenvalue weighted by molar-refractivity contribution is 0.627. The SMILES string of the molecule is Cc1ccc2nc(CSc3ccc(F)c(Cl)c3)cc(=O)n2c1. The maximum Gasteiger partial charge on any atom is 0.258 e. The van der Waals surface area contributed by atoms with Crippen molar-refractivity contribution in [3.05, 3.63) is 75.0 Å². The predicted octanol–water partition coefficient (Wildman–Crippen LogP) is 4.09. The molecule has 0 aliphatic rings. The molecule has 6 heteroatoms. The van der Waals surface area contributed by atoms with Crippen LogP contribution in [0.5, 0.6) is 0 Å². The van der Waals surface area contributed by atoms with Gasteiger partial charge in [-0.3, -0.25) is 9.20 Å². The van der Waals surface area contributed by atoms with Crippen LogP contribution in [0, 0.1) is 12.7 Å². The van der Waals surface area contributed by atoms with E-state index in [9.17, 15) is 9.18 Å². The van der Waals surface area contributed by atoms with Crippen molar-refractivity contribution in [2.45, 2.75) is 17.6 Å². The van der Waals surface area contributed by atoms with Crippen LogP contribution in [-0.4, -0.2) is 9.38 Å². The van der Waals surface area contributed by atoms with Crippen molar-refractivity contribution in [1.82, 2.24) is 9.38 Å². The van der Waals surface area contributed by atoms with Gasteiger partial charge in [-0.2, -0.15) is 0 Å². The molecule has 0 saturated carbocycles. The van der Waals surface area contributed by atoms with Gasteiger partial charge in [-0.25, -0.2) is 9.37 Å². The number of halogens is 2. The quantitative estimate of drug-likeness (QED) is 0.677. The topological polar surface area (TPSA) is 34.4 Å². The van der Waals surface area contributed by atoms with Crippen molar-refractivity contribution in [3.8, 4) is 0 Å². The smallest absolute Gasteiger partial charge is 0.258 e. The third-order valence-corrected chi connectivity index (χ3v) is 4.46. The minimum atomic E-state index is -0.441. The van der Waals surface area contributed by atoms with Crippen LogP contribution < -0.4 is 5.56 Å². The first kappa shape index (κ1) is 15.1. The van der Waals surface area contributed by atoms with Crippen molar-refractivity contribution in [3.63, 3.8) is 0 Å². The van der Waals surface area contributed by atoms with E-state index < -0.39 is 5.82 Å². The van der Waals surface area contributed by atoms with Gasteiger partial charge < -0.3 is 0 Å². The lowest BCUT2D eigenvalue weighted by atomic mass is 10.3. The van der Waals surface area contributed by atoms with Crippen molar-refractivity contribution in [2.75, 3.05) is 0 Å². The Morgan fingerprint density at radius 1 is 1.27 bits per heavy atom. The number of nitrogens with zero attached hydrogens (tertiary/aromatic N) is 2. The molecule has 3 rings (SSSR count). The monoisotopic (exact) mass is 334 g/mol. The van der Waals surface area contributed by atoms with Crippen LogP contribution in [-0.2, 0) is 5.75 Å². The van der Waals surface area contributed by atoms with Crippen LogP contribution in [0.2, 0.25) is 5.02 Å². The number of rotatable bonds is 3. The summed E-state index contributed by atoms with van der Waals surface area (Å²) >= 11 is 7.21. The standard InChI is InChI=1S/C16H12ClFN2OS/c1-10-2-5-15-19-11(6-16(21)20(15)8-10)9-22-12-3-4-14(18)13(17)7-12/h2-8H,9H2,1H3. The summed E-state index contributed by atoms with van der Waals surface area (Å²) in [5.41, 5.74) is 2.19. The third kappa shape index (κ3) is 3.15. The van der Waals surface area contributed by atoms with Gasteiger partial charge in [-0.05, 0) is 36.8 Å². The molecule has 112 valence electrons. The molecule has 0 N–H and O–H groups in total. The third-order valence-electron chi connectivity index (χ3n) is 3.14. The van der Waals surface area contributed by atoms with Crippen molar-refractivity contribution in [2.24, 2.45) is 0 Å². The van der Waals surface area contributed by atoms with E-state index >= 15 is 0 Å². The minimum Gasteiger partial charge on any atom is -0.269 e. The van der Waals surface area contributed by atoms with E-state index in [1.54, 1.807) is 18.3 Å². The molecule has 0 unspecified atom stereocenters. The zero-order valence-electron chi connectivity index (χ0n) is 11.7. The minimum absolute atomic E-state index is 0.0898. The van der Waals surface area contributed by atoms with E-state index in [2.05, 4.69) is 4.98 Å². The molecule has 0 radical (unpaired) electrons. The molecule has 0 aliphatic carbocycles. The Kier molecular flexibility index (Phi) is 4.18. The number of aromatic nitrogens is 2. The maximum absolute atomic E-state index is 13.1. The van der Waals surface area contributed by atoms with Gasteiger partial charge >= 0.3 is 0 Å². The fourth-order valence-electron chi connectivity index (χ4n) is 2.06. The molecule has 0 aliphatic heterocycles. The molecule has 0 spiro atoms. The zero-order chi connectivity index (χ0) is 15.7. The highest BCUT2D eigenvalue weighted by Gasteiger charge is 2.05. The first-order valence-electron chi connectivity index (χ1n) is 6.60. The van der Waals surface area contributed by atoms with Gasteiger partial charge in [-0.1, -0.05) is 17.7 Å².